The molecule has 0 bridgehead atoms. The van der Waals surface area contributed by atoms with Crippen LogP contribution in [0.2, 0.25) is 0 Å². The van der Waals surface area contributed by atoms with Crippen LogP contribution in [-0.2, 0) is 11.2 Å². The molecule has 2 amide bonds. The number of carbonyl (C=O) groups excluding carboxylic acids is 2. The van der Waals surface area contributed by atoms with Gasteiger partial charge in [0.15, 0.2) is 0 Å². The summed E-state index contributed by atoms with van der Waals surface area (Å²) in [6.45, 7) is 3.49. The van der Waals surface area contributed by atoms with Crippen molar-refractivity contribution in [1.82, 2.24) is 15.1 Å². The van der Waals surface area contributed by atoms with Crippen LogP contribution < -0.4 is 5.73 Å². The lowest BCUT2D eigenvalue weighted by atomic mass is 9.94. The van der Waals surface area contributed by atoms with E-state index in [-0.39, 0.29) is 17.5 Å². The molecule has 1 aliphatic heterocycles. The maximum atomic E-state index is 12.5. The van der Waals surface area contributed by atoms with Gasteiger partial charge in [-0.25, -0.2) is 0 Å². The number of nitrogens with two attached hydrogens (primary N) is 1. The SMILES string of the molecule is Cc1ccc(CC(=O)N2CCCC(c3cc(C(N)=O)n[nH]3)C2)s1. The van der Waals surface area contributed by atoms with E-state index in [0.717, 1.165) is 30.0 Å². The summed E-state index contributed by atoms with van der Waals surface area (Å²) in [5, 5.41) is 6.81. The van der Waals surface area contributed by atoms with Crippen LogP contribution in [0, 0.1) is 6.92 Å². The van der Waals surface area contributed by atoms with Crippen molar-refractivity contribution in [2.24, 2.45) is 5.73 Å². The molecule has 3 N–H and O–H groups in total. The van der Waals surface area contributed by atoms with Gasteiger partial charge in [-0.3, -0.25) is 14.7 Å². The summed E-state index contributed by atoms with van der Waals surface area (Å²) in [7, 11) is 0. The van der Waals surface area contributed by atoms with Crippen molar-refractivity contribution in [3.05, 3.63) is 39.3 Å². The van der Waals surface area contributed by atoms with Crippen molar-refractivity contribution in [2.45, 2.75) is 32.1 Å². The van der Waals surface area contributed by atoms with Crippen molar-refractivity contribution < 1.29 is 9.59 Å². The third-order valence-electron chi connectivity index (χ3n) is 4.19. The lowest BCUT2D eigenvalue weighted by Gasteiger charge is -2.32. The van der Waals surface area contributed by atoms with Gasteiger partial charge < -0.3 is 10.6 Å². The normalized spacial score (nSPS) is 18.1. The third kappa shape index (κ3) is 3.61. The molecule has 1 aliphatic rings. The van der Waals surface area contributed by atoms with E-state index in [1.807, 2.05) is 24.0 Å². The molecule has 1 saturated heterocycles. The number of piperidine rings is 1. The number of aryl methyl sites for hydroxylation is 1. The van der Waals surface area contributed by atoms with Crippen LogP contribution in [0.15, 0.2) is 18.2 Å². The highest BCUT2D eigenvalue weighted by Crippen LogP contribution is 2.27. The molecule has 0 aliphatic carbocycles. The van der Waals surface area contributed by atoms with Gasteiger partial charge in [-0.05, 0) is 38.0 Å². The van der Waals surface area contributed by atoms with E-state index < -0.39 is 5.91 Å². The molecule has 2 aromatic heterocycles. The molecule has 1 atom stereocenters. The van der Waals surface area contributed by atoms with E-state index in [1.165, 1.54) is 4.88 Å². The van der Waals surface area contributed by atoms with Crippen LogP contribution in [0.3, 0.4) is 0 Å². The Morgan fingerprint density at radius 3 is 2.96 bits per heavy atom. The lowest BCUT2D eigenvalue weighted by molar-refractivity contribution is -0.131. The number of thiophene rings is 1. The maximum Gasteiger partial charge on any atom is 0.269 e. The van der Waals surface area contributed by atoms with Crippen LogP contribution in [0.4, 0.5) is 0 Å². The fourth-order valence-electron chi connectivity index (χ4n) is 2.97. The number of amides is 2. The zero-order chi connectivity index (χ0) is 16.4. The standard InChI is InChI=1S/C16H20N4O2S/c1-10-4-5-12(23-10)7-15(21)20-6-2-3-11(9-20)13-8-14(16(17)22)19-18-13/h4-5,8,11H,2-3,6-7,9H2,1H3,(H2,17,22)(H,18,19). The number of hydrogen-bond acceptors (Lipinski definition) is 4. The van der Waals surface area contributed by atoms with Gasteiger partial charge in [0.1, 0.15) is 5.69 Å². The zero-order valence-corrected chi connectivity index (χ0v) is 13.9. The Hall–Kier alpha value is -2.15. The Bertz CT molecular complexity index is 721. The van der Waals surface area contributed by atoms with Gasteiger partial charge in [0.2, 0.25) is 5.91 Å². The molecule has 7 heteroatoms. The fraction of sp³-hybridized carbons (Fsp3) is 0.438. The number of nitrogens with one attached hydrogen (secondary N) is 1. The summed E-state index contributed by atoms with van der Waals surface area (Å²) in [6, 6.07) is 5.76. The van der Waals surface area contributed by atoms with Gasteiger partial charge in [-0.2, -0.15) is 5.10 Å². The molecule has 0 aromatic carbocycles. The van der Waals surface area contributed by atoms with Crippen molar-refractivity contribution in [1.29, 1.82) is 0 Å². The minimum atomic E-state index is -0.538. The number of aromatic amines is 1. The van der Waals surface area contributed by atoms with Crippen molar-refractivity contribution in [3.8, 4) is 0 Å². The highest BCUT2D eigenvalue weighted by molar-refractivity contribution is 7.12. The van der Waals surface area contributed by atoms with E-state index in [2.05, 4.69) is 10.2 Å². The minimum Gasteiger partial charge on any atom is -0.364 e. The number of nitrogens with zero attached hydrogens (tertiary/aromatic N) is 2. The highest BCUT2D eigenvalue weighted by atomic mass is 32.1. The molecule has 0 spiro atoms. The van der Waals surface area contributed by atoms with Gasteiger partial charge in [0, 0.05) is 34.5 Å². The molecule has 23 heavy (non-hydrogen) atoms. The molecule has 122 valence electrons. The minimum absolute atomic E-state index is 0.159. The molecule has 0 radical (unpaired) electrons. The average molecular weight is 332 g/mol. The monoisotopic (exact) mass is 332 g/mol. The molecule has 3 rings (SSSR count). The highest BCUT2D eigenvalue weighted by Gasteiger charge is 2.26. The van der Waals surface area contributed by atoms with Crippen LogP contribution in [0.5, 0.6) is 0 Å². The van der Waals surface area contributed by atoms with Crippen molar-refractivity contribution in [2.75, 3.05) is 13.1 Å². The Balaban J connectivity index is 1.65. The maximum absolute atomic E-state index is 12.5. The van der Waals surface area contributed by atoms with Crippen molar-refractivity contribution >= 4 is 23.2 Å². The van der Waals surface area contributed by atoms with Gasteiger partial charge >= 0.3 is 0 Å². The Labute approximate surface area is 138 Å². The number of rotatable bonds is 4. The Morgan fingerprint density at radius 1 is 1.48 bits per heavy atom. The first-order valence-electron chi connectivity index (χ1n) is 7.71. The topological polar surface area (TPSA) is 92.1 Å². The third-order valence-corrected chi connectivity index (χ3v) is 5.19. The summed E-state index contributed by atoms with van der Waals surface area (Å²) in [6.07, 6.45) is 2.38. The van der Waals surface area contributed by atoms with Gasteiger partial charge in [-0.1, -0.05) is 0 Å². The molecule has 0 saturated carbocycles. The zero-order valence-electron chi connectivity index (χ0n) is 13.0. The van der Waals surface area contributed by atoms with E-state index >= 15 is 0 Å². The van der Waals surface area contributed by atoms with Crippen LogP contribution >= 0.6 is 11.3 Å². The van der Waals surface area contributed by atoms with Crippen molar-refractivity contribution in [3.63, 3.8) is 0 Å². The molecule has 2 aromatic rings. The second-order valence-corrected chi connectivity index (χ2v) is 7.31. The second-order valence-electron chi connectivity index (χ2n) is 5.94. The van der Waals surface area contributed by atoms with Gasteiger partial charge in [0.05, 0.1) is 6.42 Å². The van der Waals surface area contributed by atoms with Gasteiger partial charge in [0.25, 0.3) is 5.91 Å². The number of aromatic nitrogens is 2. The predicted octanol–water partition coefficient (Wildman–Crippen LogP) is 1.83. The smallest absolute Gasteiger partial charge is 0.269 e. The summed E-state index contributed by atoms with van der Waals surface area (Å²) >= 11 is 1.67. The van der Waals surface area contributed by atoms with Crippen LogP contribution in [-0.4, -0.2) is 40.0 Å². The van der Waals surface area contributed by atoms with E-state index in [4.69, 9.17) is 5.73 Å². The quantitative estimate of drug-likeness (QED) is 0.894. The van der Waals surface area contributed by atoms with E-state index in [0.29, 0.717) is 13.0 Å². The molecular weight excluding hydrogens is 312 g/mol. The number of primary amides is 1. The average Bonchev–Trinajstić information content (AvgIpc) is 3.17. The number of likely N-dealkylation sites (tertiary alicyclic amines) is 1. The molecule has 1 unspecified atom stereocenters. The first-order valence-corrected chi connectivity index (χ1v) is 8.53. The first kappa shape index (κ1) is 15.7. The number of carbonyl (C=O) groups is 2. The summed E-state index contributed by atoms with van der Waals surface area (Å²) in [5.74, 6) is -0.200. The summed E-state index contributed by atoms with van der Waals surface area (Å²) in [4.78, 5) is 27.9. The summed E-state index contributed by atoms with van der Waals surface area (Å²) in [5.41, 5.74) is 6.36. The van der Waals surface area contributed by atoms with E-state index in [1.54, 1.807) is 17.4 Å². The number of H-pyrrole nitrogens is 1. The van der Waals surface area contributed by atoms with E-state index in [9.17, 15) is 9.59 Å². The molecule has 6 nitrogen and oxygen atoms in total. The summed E-state index contributed by atoms with van der Waals surface area (Å²) < 4.78 is 0. The van der Waals surface area contributed by atoms with Gasteiger partial charge in [-0.15, -0.1) is 11.3 Å². The second kappa shape index (κ2) is 6.54. The molecule has 1 fully saturated rings. The fourth-order valence-corrected chi connectivity index (χ4v) is 3.85. The first-order chi connectivity index (χ1) is 11.0. The lowest BCUT2D eigenvalue weighted by Crippen LogP contribution is -2.39. The predicted molar refractivity (Wildman–Crippen MR) is 88.4 cm³/mol. The van der Waals surface area contributed by atoms with Crippen LogP contribution in [0.1, 0.15) is 44.7 Å². The molecular formula is C16H20N4O2S. The Morgan fingerprint density at radius 2 is 2.30 bits per heavy atom. The molecule has 3 heterocycles. The Kier molecular flexibility index (Phi) is 4.47. The number of hydrogen-bond donors (Lipinski definition) is 2. The largest absolute Gasteiger partial charge is 0.364 e. The van der Waals surface area contributed by atoms with Crippen LogP contribution in [0.25, 0.3) is 0 Å².